The van der Waals surface area contributed by atoms with E-state index >= 15 is 0 Å². The minimum absolute atomic E-state index is 0.113. The van der Waals surface area contributed by atoms with Gasteiger partial charge in [-0.2, -0.15) is 4.68 Å². The van der Waals surface area contributed by atoms with Crippen molar-refractivity contribution in [3.63, 3.8) is 0 Å². The number of hydrogen-bond acceptors (Lipinski definition) is 6. The van der Waals surface area contributed by atoms with Gasteiger partial charge in [-0.3, -0.25) is 4.79 Å². The minimum Gasteiger partial charge on any atom is -0.406 e. The van der Waals surface area contributed by atoms with Crippen molar-refractivity contribution in [1.29, 1.82) is 0 Å². The fraction of sp³-hybridized carbons (Fsp3) is 0.467. The van der Waals surface area contributed by atoms with Crippen molar-refractivity contribution in [2.24, 2.45) is 5.92 Å². The molecule has 11 heteroatoms. The van der Waals surface area contributed by atoms with Crippen LogP contribution in [0.2, 0.25) is 0 Å². The maximum atomic E-state index is 12.2. The molecule has 2 aromatic rings. The van der Waals surface area contributed by atoms with Crippen molar-refractivity contribution in [1.82, 2.24) is 25.5 Å². The van der Waals surface area contributed by atoms with E-state index in [1.165, 1.54) is 28.9 Å². The molecule has 0 radical (unpaired) electrons. The summed E-state index contributed by atoms with van der Waals surface area (Å²) < 4.78 is 41.8. The topological polar surface area (TPSA) is 81.9 Å². The number of carbonyl (C=O) groups is 1. The van der Waals surface area contributed by atoms with E-state index < -0.39 is 6.36 Å². The Hall–Kier alpha value is -2.30. The molecule has 1 aliphatic carbocycles. The second-order valence-electron chi connectivity index (χ2n) is 5.90. The molecule has 0 bridgehead atoms. The van der Waals surface area contributed by atoms with Gasteiger partial charge in [-0.05, 0) is 60.4 Å². The monoisotopic (exact) mass is 387 g/mol. The van der Waals surface area contributed by atoms with Gasteiger partial charge in [0.1, 0.15) is 5.75 Å². The van der Waals surface area contributed by atoms with Crippen LogP contribution >= 0.6 is 11.8 Å². The van der Waals surface area contributed by atoms with E-state index in [0.717, 1.165) is 24.6 Å². The maximum absolute atomic E-state index is 12.2. The molecule has 1 N–H and O–H groups in total. The van der Waals surface area contributed by atoms with Gasteiger partial charge in [0.15, 0.2) is 0 Å². The first-order valence-corrected chi connectivity index (χ1v) is 8.87. The Bertz CT molecular complexity index is 761. The first-order valence-electron chi connectivity index (χ1n) is 7.88. The normalized spacial score (nSPS) is 15.5. The van der Waals surface area contributed by atoms with Crippen molar-refractivity contribution in [3.8, 4) is 11.4 Å². The Kier molecular flexibility index (Phi) is 5.35. The van der Waals surface area contributed by atoms with E-state index in [1.807, 2.05) is 6.92 Å². The highest BCUT2D eigenvalue weighted by molar-refractivity contribution is 7.99. The predicted octanol–water partition coefficient (Wildman–Crippen LogP) is 2.57. The molecule has 26 heavy (non-hydrogen) atoms. The largest absolute Gasteiger partial charge is 0.573 e. The average molecular weight is 387 g/mol. The molecule has 1 atom stereocenters. The Morgan fingerprint density at radius 3 is 2.69 bits per heavy atom. The summed E-state index contributed by atoms with van der Waals surface area (Å²) in [6, 6.07) is 5.29. The number of amides is 1. The number of benzene rings is 1. The van der Waals surface area contributed by atoms with Crippen molar-refractivity contribution >= 4 is 17.7 Å². The zero-order chi connectivity index (χ0) is 18.7. The van der Waals surface area contributed by atoms with Crippen LogP contribution in [-0.4, -0.2) is 44.3 Å². The molecule has 0 spiro atoms. The van der Waals surface area contributed by atoms with E-state index in [4.69, 9.17) is 0 Å². The number of aromatic nitrogens is 4. The number of nitrogens with one attached hydrogen (secondary N) is 1. The van der Waals surface area contributed by atoms with E-state index in [1.54, 1.807) is 0 Å². The number of halogens is 3. The quantitative estimate of drug-likeness (QED) is 0.736. The van der Waals surface area contributed by atoms with Gasteiger partial charge in [0.25, 0.3) is 0 Å². The molecule has 140 valence electrons. The first kappa shape index (κ1) is 18.5. The molecule has 1 amide bonds. The zero-order valence-electron chi connectivity index (χ0n) is 13.7. The predicted molar refractivity (Wildman–Crippen MR) is 86.9 cm³/mol. The molecule has 1 saturated carbocycles. The Morgan fingerprint density at radius 1 is 1.38 bits per heavy atom. The number of alkyl halides is 3. The molecule has 1 heterocycles. The standard InChI is InChI=1S/C15H16F3N5O2S/c1-9(10-2-3-10)19-13(24)8-26-14-20-21-22-23(14)11-4-6-12(7-5-11)25-15(16,17)18/h4-7,9-10H,2-3,8H2,1H3,(H,19,24)/t9-/m1/s1. The highest BCUT2D eigenvalue weighted by Crippen LogP contribution is 2.32. The van der Waals surface area contributed by atoms with Gasteiger partial charge in [-0.15, -0.1) is 18.3 Å². The summed E-state index contributed by atoms with van der Waals surface area (Å²) in [6.45, 7) is 1.98. The molecule has 1 aromatic carbocycles. The summed E-state index contributed by atoms with van der Waals surface area (Å²) in [5.41, 5.74) is 0.457. The van der Waals surface area contributed by atoms with E-state index in [2.05, 4.69) is 25.6 Å². The highest BCUT2D eigenvalue weighted by atomic mass is 32.2. The molecule has 1 aromatic heterocycles. The van der Waals surface area contributed by atoms with Gasteiger partial charge < -0.3 is 10.1 Å². The third kappa shape index (κ3) is 5.10. The minimum atomic E-state index is -4.75. The number of nitrogens with zero attached hydrogens (tertiary/aromatic N) is 4. The van der Waals surface area contributed by atoms with Crippen LogP contribution in [-0.2, 0) is 4.79 Å². The number of ether oxygens (including phenoxy) is 1. The second kappa shape index (κ2) is 7.52. The van der Waals surface area contributed by atoms with Crippen molar-refractivity contribution in [2.45, 2.75) is 37.3 Å². The van der Waals surface area contributed by atoms with E-state index in [0.29, 0.717) is 16.8 Å². The molecule has 1 fully saturated rings. The highest BCUT2D eigenvalue weighted by Gasteiger charge is 2.31. The van der Waals surface area contributed by atoms with Crippen LogP contribution in [0, 0.1) is 5.92 Å². The van der Waals surface area contributed by atoms with Crippen molar-refractivity contribution in [2.75, 3.05) is 5.75 Å². The average Bonchev–Trinajstić information content (AvgIpc) is 3.31. The summed E-state index contributed by atoms with van der Waals surface area (Å²) in [5.74, 6) is 0.258. The zero-order valence-corrected chi connectivity index (χ0v) is 14.5. The third-order valence-corrected chi connectivity index (χ3v) is 4.73. The maximum Gasteiger partial charge on any atom is 0.573 e. The van der Waals surface area contributed by atoms with E-state index in [9.17, 15) is 18.0 Å². The lowest BCUT2D eigenvalue weighted by Gasteiger charge is -2.12. The molecule has 0 aliphatic heterocycles. The smallest absolute Gasteiger partial charge is 0.406 e. The summed E-state index contributed by atoms with van der Waals surface area (Å²) in [5, 5.41) is 14.5. The lowest BCUT2D eigenvalue weighted by molar-refractivity contribution is -0.274. The fourth-order valence-corrected chi connectivity index (χ4v) is 3.06. The number of tetrazole rings is 1. The Morgan fingerprint density at radius 2 is 2.08 bits per heavy atom. The molecular weight excluding hydrogens is 371 g/mol. The molecule has 7 nitrogen and oxygen atoms in total. The van der Waals surface area contributed by atoms with Crippen LogP contribution in [0.5, 0.6) is 5.75 Å². The summed E-state index contributed by atoms with van der Waals surface area (Å²) >= 11 is 1.15. The van der Waals surface area contributed by atoms with E-state index in [-0.39, 0.29) is 23.5 Å². The van der Waals surface area contributed by atoms with Crippen LogP contribution in [0.25, 0.3) is 5.69 Å². The first-order chi connectivity index (χ1) is 12.3. The molecule has 1 aliphatic rings. The summed E-state index contributed by atoms with van der Waals surface area (Å²) in [7, 11) is 0. The van der Waals surface area contributed by atoms with Crippen LogP contribution in [0.15, 0.2) is 29.4 Å². The van der Waals surface area contributed by atoms with Gasteiger partial charge in [0.05, 0.1) is 11.4 Å². The molecular formula is C15H16F3N5O2S. The van der Waals surface area contributed by atoms with Gasteiger partial charge >= 0.3 is 6.36 Å². The third-order valence-electron chi connectivity index (χ3n) is 3.81. The second-order valence-corrected chi connectivity index (χ2v) is 6.84. The lowest BCUT2D eigenvalue weighted by atomic mass is 10.2. The molecule has 0 unspecified atom stereocenters. The van der Waals surface area contributed by atoms with Crippen LogP contribution in [0.4, 0.5) is 13.2 Å². The van der Waals surface area contributed by atoms with Gasteiger partial charge in [-0.25, -0.2) is 0 Å². The molecule has 3 rings (SSSR count). The fourth-order valence-electron chi connectivity index (χ4n) is 2.36. The van der Waals surface area contributed by atoms with Crippen molar-refractivity contribution in [3.05, 3.63) is 24.3 Å². The number of hydrogen-bond donors (Lipinski definition) is 1. The number of rotatable bonds is 7. The Labute approximate surface area is 151 Å². The number of thioether (sulfide) groups is 1. The van der Waals surface area contributed by atoms with Gasteiger partial charge in [0.2, 0.25) is 11.1 Å². The summed E-state index contributed by atoms with van der Waals surface area (Å²) in [4.78, 5) is 12.0. The molecule has 0 saturated heterocycles. The van der Waals surface area contributed by atoms with Gasteiger partial charge in [0, 0.05) is 6.04 Å². The number of carbonyl (C=O) groups excluding carboxylic acids is 1. The van der Waals surface area contributed by atoms with Gasteiger partial charge in [-0.1, -0.05) is 11.8 Å². The van der Waals surface area contributed by atoms with Crippen LogP contribution in [0.1, 0.15) is 19.8 Å². The van der Waals surface area contributed by atoms with Crippen LogP contribution < -0.4 is 10.1 Å². The summed E-state index contributed by atoms with van der Waals surface area (Å²) in [6.07, 6.45) is -2.47. The lowest BCUT2D eigenvalue weighted by Crippen LogP contribution is -2.35. The van der Waals surface area contributed by atoms with Crippen molar-refractivity contribution < 1.29 is 22.7 Å². The van der Waals surface area contributed by atoms with Crippen LogP contribution in [0.3, 0.4) is 0 Å². The Balaban J connectivity index is 1.60. The SMILES string of the molecule is C[C@@H](NC(=O)CSc1nnnn1-c1ccc(OC(F)(F)F)cc1)C1CC1.